The number of hydrogen-bond acceptors (Lipinski definition) is 4. The summed E-state index contributed by atoms with van der Waals surface area (Å²) in [5, 5.41) is 31.0. The van der Waals surface area contributed by atoms with Gasteiger partial charge in [0, 0.05) is 5.92 Å². The molecule has 3 atom stereocenters. The van der Waals surface area contributed by atoms with Crippen LogP contribution in [0.25, 0.3) is 0 Å². The Hall–Kier alpha value is -1.89. The summed E-state index contributed by atoms with van der Waals surface area (Å²) in [4.78, 5) is 35.3. The zero-order valence-electron chi connectivity index (χ0n) is 19.8. The molecule has 0 aromatic heterocycles. The number of hydrogen-bond donors (Lipinski definition) is 2. The lowest BCUT2D eigenvalue weighted by Crippen LogP contribution is -2.59. The highest BCUT2D eigenvalue weighted by Crippen LogP contribution is 2.24. The van der Waals surface area contributed by atoms with Gasteiger partial charge in [-0.25, -0.2) is 0 Å². The van der Waals surface area contributed by atoms with Crippen molar-refractivity contribution in [2.24, 2.45) is 17.8 Å². The predicted molar refractivity (Wildman–Crippen MR) is 119 cm³/mol. The van der Waals surface area contributed by atoms with Crippen LogP contribution in [0.1, 0.15) is 79.1 Å². The first-order chi connectivity index (χ1) is 14.7. The molecule has 0 fully saturated rings. The molecule has 31 heavy (non-hydrogen) atoms. The summed E-state index contributed by atoms with van der Waals surface area (Å²) in [6, 6.07) is 0. The van der Waals surface area contributed by atoms with E-state index in [0.29, 0.717) is 25.8 Å². The maximum atomic E-state index is 11.8. The van der Waals surface area contributed by atoms with Crippen molar-refractivity contribution in [3.63, 3.8) is 0 Å². The van der Waals surface area contributed by atoms with E-state index in [-0.39, 0.29) is 24.1 Å². The summed E-state index contributed by atoms with van der Waals surface area (Å²) < 4.78 is 0.133. The molecular formula is C24H43NO6. The fourth-order valence-corrected chi connectivity index (χ4v) is 4.09. The molecule has 0 radical (unpaired) electrons. The van der Waals surface area contributed by atoms with Crippen LogP contribution in [0, 0.1) is 17.8 Å². The van der Waals surface area contributed by atoms with E-state index in [1.165, 1.54) is 6.42 Å². The van der Waals surface area contributed by atoms with Gasteiger partial charge in [-0.2, -0.15) is 0 Å². The molecular weight excluding hydrogens is 398 g/mol. The highest BCUT2D eigenvalue weighted by atomic mass is 16.4. The molecule has 0 aromatic carbocycles. The molecule has 0 heterocycles. The minimum atomic E-state index is -1.17. The van der Waals surface area contributed by atoms with Crippen molar-refractivity contribution in [1.29, 1.82) is 0 Å². The minimum absolute atomic E-state index is 0.133. The Bertz CT molecular complexity index is 515. The smallest absolute Gasteiger partial charge is 0.312 e. The van der Waals surface area contributed by atoms with Crippen LogP contribution in [-0.4, -0.2) is 58.8 Å². The number of allylic oxidation sites excluding steroid dienone is 1. The number of carboxylic acid groups (broad SMARTS) is 3. The summed E-state index contributed by atoms with van der Waals surface area (Å²) in [6.07, 6.45) is 10.7. The molecule has 0 aliphatic rings. The van der Waals surface area contributed by atoms with Crippen molar-refractivity contribution in [3.05, 3.63) is 12.2 Å². The number of aliphatic carboxylic acids is 3. The Morgan fingerprint density at radius 2 is 1.26 bits per heavy atom. The molecule has 0 saturated carbocycles. The Kier molecular flexibility index (Phi) is 14.9. The summed E-state index contributed by atoms with van der Waals surface area (Å²) in [5.41, 5.74) is 0. The lowest BCUT2D eigenvalue weighted by molar-refractivity contribution is -0.929. The monoisotopic (exact) mass is 441 g/mol. The first-order valence-corrected chi connectivity index (χ1v) is 11.8. The van der Waals surface area contributed by atoms with Gasteiger partial charge in [0.2, 0.25) is 0 Å². The average molecular weight is 442 g/mol. The van der Waals surface area contributed by atoms with Crippen molar-refractivity contribution in [2.45, 2.75) is 79.1 Å². The second kappa shape index (κ2) is 15.8. The zero-order valence-corrected chi connectivity index (χ0v) is 19.8. The maximum absolute atomic E-state index is 11.8. The predicted octanol–water partition coefficient (Wildman–Crippen LogP) is 3.33. The molecule has 0 amide bonds. The largest absolute Gasteiger partial charge is 0.550 e. The standard InChI is InChI=1S/C24H43NO6/c1-5-9-10-11-12-13-14-15-25(16-19(6-2)22(26)27,17-20(7-3)23(28)29)18-21(8-4)24(30)31/h13-14,19-21H,5-12,15-18H2,1-4H3,(H2-,26,27,28,29,30,31)/b14-13+. The number of carboxylic acids is 3. The van der Waals surface area contributed by atoms with Gasteiger partial charge in [0.05, 0.1) is 32.1 Å². The molecule has 0 aromatic rings. The fourth-order valence-electron chi connectivity index (χ4n) is 4.09. The second-order valence-corrected chi connectivity index (χ2v) is 8.70. The van der Waals surface area contributed by atoms with Crippen molar-refractivity contribution in [1.82, 2.24) is 0 Å². The molecule has 2 N–H and O–H groups in total. The molecule has 0 saturated heterocycles. The van der Waals surface area contributed by atoms with Gasteiger partial charge < -0.3 is 24.6 Å². The molecule has 0 aliphatic carbocycles. The van der Waals surface area contributed by atoms with Crippen LogP contribution in [0.2, 0.25) is 0 Å². The van der Waals surface area contributed by atoms with Crippen molar-refractivity contribution in [3.8, 4) is 0 Å². The average Bonchev–Trinajstić information content (AvgIpc) is 2.72. The maximum Gasteiger partial charge on any atom is 0.312 e. The van der Waals surface area contributed by atoms with Crippen molar-refractivity contribution >= 4 is 17.9 Å². The van der Waals surface area contributed by atoms with Crippen LogP contribution in [-0.2, 0) is 14.4 Å². The van der Waals surface area contributed by atoms with Crippen LogP contribution in [0.3, 0.4) is 0 Å². The van der Waals surface area contributed by atoms with E-state index in [1.54, 1.807) is 20.8 Å². The number of carbonyl (C=O) groups is 3. The van der Waals surface area contributed by atoms with Crippen LogP contribution in [0.4, 0.5) is 0 Å². The Labute approximate surface area is 187 Å². The molecule has 0 bridgehead atoms. The zero-order chi connectivity index (χ0) is 23.9. The van der Waals surface area contributed by atoms with Gasteiger partial charge in [0.1, 0.15) is 11.8 Å². The third-order valence-corrected chi connectivity index (χ3v) is 6.22. The lowest BCUT2D eigenvalue weighted by Gasteiger charge is -2.43. The second-order valence-electron chi connectivity index (χ2n) is 8.70. The molecule has 0 rings (SSSR count). The van der Waals surface area contributed by atoms with E-state index >= 15 is 0 Å². The van der Waals surface area contributed by atoms with Crippen LogP contribution in [0.5, 0.6) is 0 Å². The highest BCUT2D eigenvalue weighted by molar-refractivity contribution is 5.70. The van der Waals surface area contributed by atoms with Gasteiger partial charge in [-0.1, -0.05) is 53.0 Å². The topological polar surface area (TPSA) is 115 Å². The molecule has 3 unspecified atom stereocenters. The Morgan fingerprint density at radius 3 is 1.65 bits per heavy atom. The van der Waals surface area contributed by atoms with Crippen LogP contribution >= 0.6 is 0 Å². The Morgan fingerprint density at radius 1 is 0.774 bits per heavy atom. The molecule has 7 nitrogen and oxygen atoms in total. The Balaban J connectivity index is 5.88. The van der Waals surface area contributed by atoms with Crippen LogP contribution < -0.4 is 5.11 Å². The van der Waals surface area contributed by atoms with Gasteiger partial charge in [0.25, 0.3) is 0 Å². The third-order valence-electron chi connectivity index (χ3n) is 6.22. The first-order valence-electron chi connectivity index (χ1n) is 11.8. The lowest BCUT2D eigenvalue weighted by atomic mass is 9.96. The summed E-state index contributed by atoms with van der Waals surface area (Å²) in [5.74, 6) is -5.11. The van der Waals surface area contributed by atoms with E-state index in [9.17, 15) is 29.7 Å². The third kappa shape index (κ3) is 11.3. The minimum Gasteiger partial charge on any atom is -0.550 e. The van der Waals surface area contributed by atoms with Gasteiger partial charge >= 0.3 is 11.9 Å². The quantitative estimate of drug-likeness (QED) is 0.180. The van der Waals surface area contributed by atoms with E-state index < -0.39 is 35.7 Å². The molecule has 0 spiro atoms. The summed E-state index contributed by atoms with van der Waals surface area (Å²) >= 11 is 0. The summed E-state index contributed by atoms with van der Waals surface area (Å²) in [7, 11) is 0. The van der Waals surface area contributed by atoms with E-state index in [2.05, 4.69) is 13.0 Å². The number of rotatable bonds is 19. The summed E-state index contributed by atoms with van der Waals surface area (Å²) in [6.45, 7) is 8.52. The van der Waals surface area contributed by atoms with Crippen molar-refractivity contribution in [2.75, 3.05) is 26.2 Å². The first kappa shape index (κ1) is 29.1. The molecule has 180 valence electrons. The van der Waals surface area contributed by atoms with Gasteiger partial charge in [-0.05, 0) is 38.2 Å². The van der Waals surface area contributed by atoms with E-state index in [4.69, 9.17) is 0 Å². The molecule has 7 heteroatoms. The molecule has 0 aliphatic heterocycles. The van der Waals surface area contributed by atoms with Crippen molar-refractivity contribution < 1.29 is 34.2 Å². The van der Waals surface area contributed by atoms with Gasteiger partial charge in [-0.3, -0.25) is 9.59 Å². The van der Waals surface area contributed by atoms with E-state index in [1.807, 2.05) is 6.08 Å². The number of quaternary nitrogens is 1. The number of nitrogens with zero attached hydrogens (tertiary/aromatic N) is 1. The van der Waals surface area contributed by atoms with Gasteiger partial charge in [0.15, 0.2) is 0 Å². The number of unbranched alkanes of at least 4 members (excludes halogenated alkanes) is 4. The highest BCUT2D eigenvalue weighted by Gasteiger charge is 2.38. The number of carbonyl (C=O) groups excluding carboxylic acids is 1. The SMILES string of the molecule is CCCCCC/C=C/C[N+](CC(CC)C(=O)[O-])(CC(CC)C(=O)O)CC(CC)C(=O)O. The van der Waals surface area contributed by atoms with E-state index in [0.717, 1.165) is 25.7 Å². The fraction of sp³-hybridized carbons (Fsp3) is 0.792. The normalized spacial score (nSPS) is 16.5. The van der Waals surface area contributed by atoms with Crippen LogP contribution in [0.15, 0.2) is 12.2 Å². The van der Waals surface area contributed by atoms with Gasteiger partial charge in [-0.15, -0.1) is 0 Å².